The van der Waals surface area contributed by atoms with Crippen molar-refractivity contribution in [3.8, 4) is 44.5 Å². The van der Waals surface area contributed by atoms with E-state index in [9.17, 15) is 0 Å². The summed E-state index contributed by atoms with van der Waals surface area (Å²) >= 11 is -1.37. The molecule has 53 heavy (non-hydrogen) atoms. The molecule has 0 atom stereocenters. The summed E-state index contributed by atoms with van der Waals surface area (Å²) in [7, 11) is 0. The van der Waals surface area contributed by atoms with E-state index in [1.807, 2.05) is 0 Å². The molecule has 0 unspecified atom stereocenters. The van der Waals surface area contributed by atoms with Gasteiger partial charge in [0, 0.05) is 0 Å². The predicted molar refractivity (Wildman–Crippen MR) is 236 cm³/mol. The van der Waals surface area contributed by atoms with E-state index in [4.69, 9.17) is 4.42 Å². The monoisotopic (exact) mass is 794 g/mol. The number of benzene rings is 7. The molecule has 10 rings (SSSR count). The van der Waals surface area contributed by atoms with Gasteiger partial charge < -0.3 is 0 Å². The van der Waals surface area contributed by atoms with Crippen molar-refractivity contribution in [2.24, 2.45) is 0 Å². The van der Waals surface area contributed by atoms with Crippen molar-refractivity contribution in [2.45, 2.75) is 23.7 Å². The SMILES string of the molecule is CI1/C=C\C=C/Cc2c(c(-c3cccc(-c4c5c(c(-c6ccccc6-c6ccccc6)c6ccccc46)C=CCC5)c3)cc3c2oc2ccccc23)C1. The Kier molecular flexibility index (Phi) is 8.21. The fraction of sp³-hybridized carbons (Fsp3) is 0.0980. The zero-order valence-electron chi connectivity index (χ0n) is 29.8. The molecule has 0 radical (unpaired) electrons. The van der Waals surface area contributed by atoms with Gasteiger partial charge in [0.1, 0.15) is 0 Å². The quantitative estimate of drug-likeness (QED) is 0.128. The van der Waals surface area contributed by atoms with Crippen LogP contribution in [0.2, 0.25) is 0 Å². The van der Waals surface area contributed by atoms with Crippen molar-refractivity contribution in [1.82, 2.24) is 0 Å². The van der Waals surface area contributed by atoms with E-state index in [2.05, 4.69) is 173 Å². The molecule has 2 heterocycles. The molecule has 1 nitrogen and oxygen atoms in total. The first kappa shape index (κ1) is 32.2. The van der Waals surface area contributed by atoms with E-state index >= 15 is 0 Å². The summed E-state index contributed by atoms with van der Waals surface area (Å²) in [5.41, 5.74) is 18.0. The van der Waals surface area contributed by atoms with Crippen molar-refractivity contribution in [2.75, 3.05) is 4.93 Å². The van der Waals surface area contributed by atoms with Gasteiger partial charge in [-0.3, -0.25) is 0 Å². The van der Waals surface area contributed by atoms with Crippen LogP contribution in [0.15, 0.2) is 166 Å². The average molecular weight is 795 g/mol. The van der Waals surface area contributed by atoms with Crippen molar-refractivity contribution in [3.05, 3.63) is 184 Å². The van der Waals surface area contributed by atoms with Crippen molar-refractivity contribution in [1.29, 1.82) is 0 Å². The molecule has 0 fully saturated rings. The van der Waals surface area contributed by atoms with Gasteiger partial charge in [-0.1, -0.05) is 48.5 Å². The number of fused-ring (bicyclic) bond motifs is 7. The van der Waals surface area contributed by atoms with Crippen LogP contribution in [0.3, 0.4) is 0 Å². The molecular weight excluding hydrogens is 755 g/mol. The van der Waals surface area contributed by atoms with Gasteiger partial charge >= 0.3 is 266 Å². The summed E-state index contributed by atoms with van der Waals surface area (Å²) in [5, 5.41) is 5.02. The second kappa shape index (κ2) is 13.5. The number of hydrogen-bond acceptors (Lipinski definition) is 1. The fourth-order valence-electron chi connectivity index (χ4n) is 8.69. The van der Waals surface area contributed by atoms with E-state index in [0.29, 0.717) is 0 Å². The molecule has 2 heteroatoms. The molecule has 0 N–H and O–H groups in total. The number of furan rings is 1. The molecule has 0 bridgehead atoms. The Labute approximate surface area is 318 Å². The molecule has 2 aliphatic rings. The first-order valence-electron chi connectivity index (χ1n) is 18.6. The molecule has 0 spiro atoms. The van der Waals surface area contributed by atoms with Crippen molar-refractivity contribution < 1.29 is 4.42 Å². The number of rotatable bonds is 4. The van der Waals surface area contributed by atoms with Crippen LogP contribution in [0.25, 0.3) is 83.3 Å². The van der Waals surface area contributed by atoms with E-state index in [0.717, 1.165) is 34.9 Å². The minimum absolute atomic E-state index is 0.865. The molecule has 0 saturated heterocycles. The average Bonchev–Trinajstić information content (AvgIpc) is 3.62. The van der Waals surface area contributed by atoms with Crippen molar-refractivity contribution >= 4 is 58.6 Å². The second-order valence-electron chi connectivity index (χ2n) is 14.2. The molecule has 1 aliphatic carbocycles. The molecule has 256 valence electrons. The van der Waals surface area contributed by atoms with E-state index in [1.54, 1.807) is 0 Å². The topological polar surface area (TPSA) is 13.1 Å². The summed E-state index contributed by atoms with van der Waals surface area (Å²) < 4.78 is 10.3. The number of allylic oxidation sites excluding steroid dienone is 4. The van der Waals surface area contributed by atoms with E-state index < -0.39 is 19.8 Å². The van der Waals surface area contributed by atoms with E-state index in [-0.39, 0.29) is 0 Å². The van der Waals surface area contributed by atoms with Gasteiger partial charge in [-0.25, -0.2) is 0 Å². The first-order valence-corrected chi connectivity index (χ1v) is 23.5. The zero-order chi connectivity index (χ0) is 35.3. The molecule has 7 aromatic carbocycles. The molecule has 8 aromatic rings. The number of halogens is 1. The van der Waals surface area contributed by atoms with Gasteiger partial charge in [-0.2, -0.15) is 0 Å². The fourth-order valence-corrected chi connectivity index (χ4v) is 12.0. The van der Waals surface area contributed by atoms with Gasteiger partial charge in [0.05, 0.1) is 0 Å². The Morgan fingerprint density at radius 1 is 0.528 bits per heavy atom. The van der Waals surface area contributed by atoms with Crippen LogP contribution in [-0.2, 0) is 17.3 Å². The van der Waals surface area contributed by atoms with Gasteiger partial charge in [0.25, 0.3) is 0 Å². The van der Waals surface area contributed by atoms with Crippen LogP contribution < -0.4 is 0 Å². The summed E-state index contributed by atoms with van der Waals surface area (Å²) in [6.07, 6.45) is 14.5. The van der Waals surface area contributed by atoms with Crippen LogP contribution in [-0.4, -0.2) is 4.93 Å². The van der Waals surface area contributed by atoms with Gasteiger partial charge in [-0.05, 0) is 5.56 Å². The van der Waals surface area contributed by atoms with Gasteiger partial charge in [0.2, 0.25) is 0 Å². The standard InChI is InChI=1S/C51H39IO/c1-52-30-15-3-6-28-44-47(33-52)45(32-46-38-22-13-14-29-48(38)53-51(44)46)35-19-16-20-36(31-35)49-40-24-9-11-26-42(40)50(43-27-12-10-25-41(43)49)39-23-8-7-21-37(39)34-17-4-2-5-18-34/h2-9,11-24,26-27,29-32H,10,25,28,33H2,1H3/b6-3-,30-15-. The summed E-state index contributed by atoms with van der Waals surface area (Å²) in [6.45, 7) is 0. The van der Waals surface area contributed by atoms with E-state index in [1.165, 1.54) is 88.3 Å². The Hall–Kier alpha value is -5.45. The summed E-state index contributed by atoms with van der Waals surface area (Å²) in [4.78, 5) is 2.48. The second-order valence-corrected chi connectivity index (χ2v) is 19.3. The normalized spacial score (nSPS) is 15.8. The minimum atomic E-state index is -1.37. The van der Waals surface area contributed by atoms with Crippen LogP contribution >= 0.6 is 19.8 Å². The Morgan fingerprint density at radius 3 is 2.11 bits per heavy atom. The third-order valence-corrected chi connectivity index (χ3v) is 14.6. The first-order chi connectivity index (χ1) is 26.2. The van der Waals surface area contributed by atoms with Crippen LogP contribution in [0, 0.1) is 0 Å². The Bertz CT molecular complexity index is 2800. The molecular formula is C51H39IO. The molecule has 1 aromatic heterocycles. The van der Waals surface area contributed by atoms with Gasteiger partial charge in [0.15, 0.2) is 0 Å². The summed E-state index contributed by atoms with van der Waals surface area (Å²) in [6, 6.07) is 49.3. The maximum absolute atomic E-state index is 6.66. The Balaban J connectivity index is 1.22. The predicted octanol–water partition coefficient (Wildman–Crippen LogP) is 14.6. The zero-order valence-corrected chi connectivity index (χ0v) is 31.9. The number of alkyl halides is 2. The summed E-state index contributed by atoms with van der Waals surface area (Å²) in [5.74, 6) is 0. The number of hydrogen-bond donors (Lipinski definition) is 0. The molecule has 0 amide bonds. The molecule has 0 saturated carbocycles. The third-order valence-electron chi connectivity index (χ3n) is 11.0. The maximum atomic E-state index is 6.66. The van der Waals surface area contributed by atoms with Crippen LogP contribution in [0.5, 0.6) is 0 Å². The van der Waals surface area contributed by atoms with Crippen LogP contribution in [0.1, 0.15) is 28.7 Å². The van der Waals surface area contributed by atoms with Gasteiger partial charge in [-0.15, -0.1) is 0 Å². The van der Waals surface area contributed by atoms with Crippen LogP contribution in [0.4, 0.5) is 0 Å². The third kappa shape index (κ3) is 5.59. The molecule has 1 aliphatic heterocycles. The van der Waals surface area contributed by atoms with Crippen molar-refractivity contribution in [3.63, 3.8) is 0 Å². The number of para-hydroxylation sites is 1. The Morgan fingerprint density at radius 2 is 1.25 bits per heavy atom.